The van der Waals surface area contributed by atoms with E-state index in [2.05, 4.69) is 20.9 Å². The van der Waals surface area contributed by atoms with Crippen molar-refractivity contribution in [2.24, 2.45) is 0 Å². The van der Waals surface area contributed by atoms with E-state index in [0.29, 0.717) is 6.61 Å². The molecule has 0 bridgehead atoms. The number of hydrogen-bond acceptors (Lipinski definition) is 3. The molecule has 0 saturated carbocycles. The molecule has 4 heteroatoms. The molecule has 1 aromatic heterocycles. The van der Waals surface area contributed by atoms with Gasteiger partial charge in [-0.1, -0.05) is 34.1 Å². The van der Waals surface area contributed by atoms with Crippen molar-refractivity contribution in [2.45, 2.75) is 11.9 Å². The summed E-state index contributed by atoms with van der Waals surface area (Å²) in [6.07, 6.45) is 3.54. The maximum Gasteiger partial charge on any atom is 0.165 e. The SMILES string of the molecule is COc1cccc(CBr)c1OCc1cccnc1. The van der Waals surface area contributed by atoms with Crippen LogP contribution in [0.2, 0.25) is 0 Å². The molecule has 3 nitrogen and oxygen atoms in total. The van der Waals surface area contributed by atoms with E-state index in [-0.39, 0.29) is 0 Å². The molecule has 0 N–H and O–H groups in total. The smallest absolute Gasteiger partial charge is 0.165 e. The first-order valence-corrected chi connectivity index (χ1v) is 6.71. The number of aromatic nitrogens is 1. The van der Waals surface area contributed by atoms with Crippen molar-refractivity contribution in [3.8, 4) is 11.5 Å². The van der Waals surface area contributed by atoms with E-state index in [1.165, 1.54) is 0 Å². The summed E-state index contributed by atoms with van der Waals surface area (Å²) in [7, 11) is 1.64. The third-order valence-electron chi connectivity index (χ3n) is 2.53. The molecule has 0 saturated heterocycles. The lowest BCUT2D eigenvalue weighted by Gasteiger charge is -2.13. The molecule has 0 aliphatic heterocycles. The summed E-state index contributed by atoms with van der Waals surface area (Å²) in [6, 6.07) is 9.73. The Balaban J connectivity index is 2.17. The van der Waals surface area contributed by atoms with Crippen LogP contribution in [0.15, 0.2) is 42.7 Å². The standard InChI is InChI=1S/C14H14BrNO2/c1-17-13-6-2-5-12(8-15)14(13)18-10-11-4-3-7-16-9-11/h2-7,9H,8,10H2,1H3. The molecular weight excluding hydrogens is 294 g/mol. The molecule has 0 unspecified atom stereocenters. The molecule has 0 amide bonds. The lowest BCUT2D eigenvalue weighted by atomic mass is 10.2. The van der Waals surface area contributed by atoms with Gasteiger partial charge in [0.2, 0.25) is 0 Å². The monoisotopic (exact) mass is 307 g/mol. The topological polar surface area (TPSA) is 31.4 Å². The van der Waals surface area contributed by atoms with Crippen LogP contribution in [0.4, 0.5) is 0 Å². The van der Waals surface area contributed by atoms with Crippen LogP contribution in [0.1, 0.15) is 11.1 Å². The van der Waals surface area contributed by atoms with Crippen molar-refractivity contribution in [3.63, 3.8) is 0 Å². The van der Waals surface area contributed by atoms with Crippen LogP contribution in [-0.4, -0.2) is 12.1 Å². The van der Waals surface area contributed by atoms with Crippen LogP contribution in [0.3, 0.4) is 0 Å². The Morgan fingerprint density at radius 2 is 2.11 bits per heavy atom. The van der Waals surface area contributed by atoms with Gasteiger partial charge in [-0.2, -0.15) is 0 Å². The molecule has 18 heavy (non-hydrogen) atoms. The van der Waals surface area contributed by atoms with Crippen LogP contribution < -0.4 is 9.47 Å². The number of pyridine rings is 1. The molecule has 1 aromatic carbocycles. The predicted octanol–water partition coefficient (Wildman–Crippen LogP) is 3.56. The number of ether oxygens (including phenoxy) is 2. The summed E-state index contributed by atoms with van der Waals surface area (Å²) in [6.45, 7) is 0.480. The molecule has 0 fully saturated rings. The van der Waals surface area contributed by atoms with E-state index in [4.69, 9.17) is 9.47 Å². The third-order valence-corrected chi connectivity index (χ3v) is 3.13. The van der Waals surface area contributed by atoms with Gasteiger partial charge in [0.25, 0.3) is 0 Å². The largest absolute Gasteiger partial charge is 0.493 e. The summed E-state index contributed by atoms with van der Waals surface area (Å²) in [5.41, 5.74) is 2.10. The highest BCUT2D eigenvalue weighted by molar-refractivity contribution is 9.08. The third kappa shape index (κ3) is 3.01. The maximum atomic E-state index is 5.84. The van der Waals surface area contributed by atoms with Crippen LogP contribution >= 0.6 is 15.9 Å². The van der Waals surface area contributed by atoms with Crippen molar-refractivity contribution in [3.05, 3.63) is 53.9 Å². The van der Waals surface area contributed by atoms with Gasteiger partial charge in [0, 0.05) is 28.9 Å². The van der Waals surface area contributed by atoms with E-state index in [1.807, 2.05) is 30.3 Å². The van der Waals surface area contributed by atoms with E-state index < -0.39 is 0 Å². The van der Waals surface area contributed by atoms with Gasteiger partial charge in [0.05, 0.1) is 7.11 Å². The fraction of sp³-hybridized carbons (Fsp3) is 0.214. The van der Waals surface area contributed by atoms with Crippen LogP contribution in [0, 0.1) is 0 Å². The van der Waals surface area contributed by atoms with Crippen LogP contribution in [-0.2, 0) is 11.9 Å². The van der Waals surface area contributed by atoms with Crippen molar-refractivity contribution in [1.29, 1.82) is 0 Å². The average molecular weight is 308 g/mol. The van der Waals surface area contributed by atoms with Gasteiger partial charge < -0.3 is 9.47 Å². The zero-order valence-electron chi connectivity index (χ0n) is 10.1. The minimum absolute atomic E-state index is 0.480. The first-order valence-electron chi connectivity index (χ1n) is 5.58. The van der Waals surface area contributed by atoms with E-state index in [1.54, 1.807) is 19.5 Å². The van der Waals surface area contributed by atoms with Crippen molar-refractivity contribution in [1.82, 2.24) is 4.98 Å². The lowest BCUT2D eigenvalue weighted by Crippen LogP contribution is -2.00. The Bertz CT molecular complexity index is 480. The normalized spacial score (nSPS) is 10.1. The lowest BCUT2D eigenvalue weighted by molar-refractivity contribution is 0.282. The zero-order valence-corrected chi connectivity index (χ0v) is 11.7. The summed E-state index contributed by atoms with van der Waals surface area (Å²) in [5, 5.41) is 0.729. The highest BCUT2D eigenvalue weighted by Crippen LogP contribution is 2.32. The number of rotatable bonds is 5. The van der Waals surface area contributed by atoms with Crippen molar-refractivity contribution in [2.75, 3.05) is 7.11 Å². The van der Waals surface area contributed by atoms with Crippen molar-refractivity contribution < 1.29 is 9.47 Å². The average Bonchev–Trinajstić information content (AvgIpc) is 2.45. The Morgan fingerprint density at radius 1 is 1.22 bits per heavy atom. The molecule has 2 aromatic rings. The van der Waals surface area contributed by atoms with E-state index in [9.17, 15) is 0 Å². The van der Waals surface area contributed by atoms with E-state index in [0.717, 1.165) is 28.0 Å². The molecule has 0 atom stereocenters. The highest BCUT2D eigenvalue weighted by atomic mass is 79.9. The number of halogens is 1. The molecule has 94 valence electrons. The molecule has 0 radical (unpaired) electrons. The highest BCUT2D eigenvalue weighted by Gasteiger charge is 2.09. The molecular formula is C14H14BrNO2. The fourth-order valence-electron chi connectivity index (χ4n) is 1.63. The van der Waals surface area contributed by atoms with Crippen LogP contribution in [0.5, 0.6) is 11.5 Å². The fourth-order valence-corrected chi connectivity index (χ4v) is 2.07. The first kappa shape index (κ1) is 12.9. The number of alkyl halides is 1. The Kier molecular flexibility index (Phi) is 4.59. The van der Waals surface area contributed by atoms with Gasteiger partial charge in [-0.15, -0.1) is 0 Å². The van der Waals surface area contributed by atoms with E-state index >= 15 is 0 Å². The van der Waals surface area contributed by atoms with Gasteiger partial charge in [-0.25, -0.2) is 0 Å². The minimum Gasteiger partial charge on any atom is -0.493 e. The van der Waals surface area contributed by atoms with Gasteiger partial charge in [-0.05, 0) is 12.1 Å². The number of nitrogens with zero attached hydrogens (tertiary/aromatic N) is 1. The van der Waals surface area contributed by atoms with Gasteiger partial charge >= 0.3 is 0 Å². The minimum atomic E-state index is 0.480. The van der Waals surface area contributed by atoms with Crippen LogP contribution in [0.25, 0.3) is 0 Å². The summed E-state index contributed by atoms with van der Waals surface area (Å²) in [5.74, 6) is 1.52. The maximum absolute atomic E-state index is 5.84. The number of para-hydroxylation sites is 1. The quantitative estimate of drug-likeness (QED) is 0.791. The first-order chi connectivity index (χ1) is 8.85. The molecule has 2 rings (SSSR count). The molecule has 1 heterocycles. The number of hydrogen-bond donors (Lipinski definition) is 0. The van der Waals surface area contributed by atoms with Crippen molar-refractivity contribution >= 4 is 15.9 Å². The second-order valence-electron chi connectivity index (χ2n) is 3.73. The Hall–Kier alpha value is -1.55. The van der Waals surface area contributed by atoms with Gasteiger partial charge in [0.1, 0.15) is 6.61 Å². The summed E-state index contributed by atoms with van der Waals surface area (Å²) < 4.78 is 11.2. The van der Waals surface area contributed by atoms with Gasteiger partial charge in [0.15, 0.2) is 11.5 Å². The molecule has 0 aliphatic rings. The number of methoxy groups -OCH3 is 1. The molecule has 0 aliphatic carbocycles. The second kappa shape index (κ2) is 6.40. The Labute approximate surface area is 115 Å². The Morgan fingerprint density at radius 3 is 2.78 bits per heavy atom. The molecule has 0 spiro atoms. The van der Waals surface area contributed by atoms with Gasteiger partial charge in [-0.3, -0.25) is 4.98 Å². The zero-order chi connectivity index (χ0) is 12.8. The summed E-state index contributed by atoms with van der Waals surface area (Å²) in [4.78, 5) is 4.06. The summed E-state index contributed by atoms with van der Waals surface area (Å²) >= 11 is 3.45. The predicted molar refractivity (Wildman–Crippen MR) is 74.2 cm³/mol. The second-order valence-corrected chi connectivity index (χ2v) is 4.29. The number of benzene rings is 1.